The van der Waals surface area contributed by atoms with E-state index in [0.717, 1.165) is 11.1 Å². The van der Waals surface area contributed by atoms with Gasteiger partial charge in [0, 0.05) is 16.5 Å². The van der Waals surface area contributed by atoms with E-state index in [9.17, 15) is 14.4 Å². The SMILES string of the molecule is CC(C)(C)C(=O)[C@H]1[C@H](c2ccco2)C2(C(=O)c3ccccc3C2=O)[C@@H]2c3ccccc3C=NN21. The van der Waals surface area contributed by atoms with Crippen LogP contribution in [0.15, 0.2) is 76.4 Å². The summed E-state index contributed by atoms with van der Waals surface area (Å²) in [5.74, 6) is -1.03. The summed E-state index contributed by atoms with van der Waals surface area (Å²) in [6.07, 6.45) is 3.23. The number of hydrogen-bond acceptors (Lipinski definition) is 6. The van der Waals surface area contributed by atoms with Crippen molar-refractivity contribution < 1.29 is 18.8 Å². The summed E-state index contributed by atoms with van der Waals surface area (Å²) < 4.78 is 5.85. The fourth-order valence-corrected chi connectivity index (χ4v) is 6.00. The Bertz CT molecular complexity index is 1340. The third-order valence-corrected chi connectivity index (χ3v) is 7.43. The molecule has 6 nitrogen and oxygen atoms in total. The van der Waals surface area contributed by atoms with Crippen LogP contribution in [0.25, 0.3) is 0 Å². The lowest BCUT2D eigenvalue weighted by Crippen LogP contribution is -2.45. The van der Waals surface area contributed by atoms with Gasteiger partial charge < -0.3 is 4.42 Å². The molecule has 3 aliphatic rings. The van der Waals surface area contributed by atoms with Crippen molar-refractivity contribution in [3.05, 3.63) is 94.9 Å². The number of hydrogen-bond donors (Lipinski definition) is 0. The van der Waals surface area contributed by atoms with Crippen LogP contribution in [-0.4, -0.2) is 34.6 Å². The zero-order valence-electron chi connectivity index (χ0n) is 19.2. The maximum atomic E-state index is 14.4. The van der Waals surface area contributed by atoms with Gasteiger partial charge in [0.2, 0.25) is 0 Å². The second kappa shape index (κ2) is 6.86. The molecule has 2 aromatic carbocycles. The smallest absolute Gasteiger partial charge is 0.180 e. The second-order valence-electron chi connectivity index (χ2n) is 10.3. The predicted molar refractivity (Wildman–Crippen MR) is 126 cm³/mol. The normalized spacial score (nSPS) is 24.3. The van der Waals surface area contributed by atoms with Crippen LogP contribution in [0, 0.1) is 10.8 Å². The number of nitrogens with zero attached hydrogens (tertiary/aromatic N) is 2. The maximum Gasteiger partial charge on any atom is 0.180 e. The van der Waals surface area contributed by atoms with Crippen molar-refractivity contribution in [3.8, 4) is 0 Å². The molecule has 6 heteroatoms. The van der Waals surface area contributed by atoms with Crippen molar-refractivity contribution in [1.82, 2.24) is 5.01 Å². The van der Waals surface area contributed by atoms with Gasteiger partial charge in [-0.25, -0.2) is 0 Å². The summed E-state index contributed by atoms with van der Waals surface area (Å²) in [5.41, 5.74) is 0.130. The molecule has 0 saturated carbocycles. The predicted octanol–water partition coefficient (Wildman–Crippen LogP) is 4.82. The van der Waals surface area contributed by atoms with E-state index >= 15 is 0 Å². The molecule has 34 heavy (non-hydrogen) atoms. The Labute approximate surface area is 197 Å². The van der Waals surface area contributed by atoms with Crippen molar-refractivity contribution in [3.63, 3.8) is 0 Å². The van der Waals surface area contributed by atoms with Crippen LogP contribution >= 0.6 is 0 Å². The third-order valence-electron chi connectivity index (χ3n) is 7.43. The molecule has 1 aliphatic carbocycles. The van der Waals surface area contributed by atoms with Crippen molar-refractivity contribution >= 4 is 23.6 Å². The summed E-state index contributed by atoms with van der Waals surface area (Å²) in [7, 11) is 0. The van der Waals surface area contributed by atoms with Gasteiger partial charge in [-0.15, -0.1) is 0 Å². The molecule has 1 aromatic heterocycles. The highest BCUT2D eigenvalue weighted by Crippen LogP contribution is 2.65. The molecule has 1 spiro atoms. The fraction of sp³-hybridized carbons (Fsp3) is 0.286. The first-order chi connectivity index (χ1) is 16.3. The van der Waals surface area contributed by atoms with Crippen LogP contribution < -0.4 is 0 Å². The first kappa shape index (κ1) is 20.8. The van der Waals surface area contributed by atoms with E-state index < -0.39 is 28.8 Å². The molecule has 0 amide bonds. The fourth-order valence-electron chi connectivity index (χ4n) is 6.00. The summed E-state index contributed by atoms with van der Waals surface area (Å²) in [5, 5.41) is 6.40. The van der Waals surface area contributed by atoms with Gasteiger partial charge in [-0.05, 0) is 23.3 Å². The number of benzene rings is 2. The van der Waals surface area contributed by atoms with Gasteiger partial charge in [-0.1, -0.05) is 69.3 Å². The minimum absolute atomic E-state index is 0.0936. The van der Waals surface area contributed by atoms with Gasteiger partial charge in [0.05, 0.1) is 24.4 Å². The maximum absolute atomic E-state index is 14.4. The van der Waals surface area contributed by atoms with Crippen LogP contribution in [0.3, 0.4) is 0 Å². The number of Topliss-reactive ketones (excluding diaryl/α,β-unsaturated/α-hetero) is 3. The van der Waals surface area contributed by atoms with Crippen molar-refractivity contribution in [2.24, 2.45) is 15.9 Å². The Morgan fingerprint density at radius 1 is 0.941 bits per heavy atom. The molecule has 1 saturated heterocycles. The summed E-state index contributed by atoms with van der Waals surface area (Å²) in [6.45, 7) is 5.55. The van der Waals surface area contributed by atoms with E-state index in [0.29, 0.717) is 16.9 Å². The van der Waals surface area contributed by atoms with Crippen molar-refractivity contribution in [2.75, 3.05) is 0 Å². The Balaban J connectivity index is 1.71. The molecule has 0 radical (unpaired) electrons. The van der Waals surface area contributed by atoms with Gasteiger partial charge in [0.25, 0.3) is 0 Å². The van der Waals surface area contributed by atoms with Crippen molar-refractivity contribution in [1.29, 1.82) is 0 Å². The lowest BCUT2D eigenvalue weighted by Gasteiger charge is -2.36. The quantitative estimate of drug-likeness (QED) is 0.521. The van der Waals surface area contributed by atoms with Gasteiger partial charge in [-0.3, -0.25) is 19.4 Å². The Hall–Kier alpha value is -3.80. The number of rotatable bonds is 2. The molecule has 3 atom stereocenters. The highest BCUT2D eigenvalue weighted by molar-refractivity contribution is 6.31. The molecule has 0 N–H and O–H groups in total. The summed E-state index contributed by atoms with van der Waals surface area (Å²) in [6, 6.07) is 16.5. The minimum atomic E-state index is -1.57. The summed E-state index contributed by atoms with van der Waals surface area (Å²) >= 11 is 0. The largest absolute Gasteiger partial charge is 0.469 e. The van der Waals surface area contributed by atoms with Crippen LogP contribution in [0.5, 0.6) is 0 Å². The Kier molecular flexibility index (Phi) is 4.19. The average Bonchev–Trinajstić information content (AvgIpc) is 3.51. The molecule has 2 aliphatic heterocycles. The number of carbonyl (C=O) groups excluding carboxylic acids is 3. The highest BCUT2D eigenvalue weighted by atomic mass is 16.3. The average molecular weight is 453 g/mol. The zero-order chi connectivity index (χ0) is 23.8. The number of hydrazone groups is 1. The number of carbonyl (C=O) groups is 3. The van der Waals surface area contributed by atoms with Crippen LogP contribution in [0.1, 0.15) is 70.3 Å². The van der Waals surface area contributed by atoms with E-state index in [2.05, 4.69) is 0 Å². The van der Waals surface area contributed by atoms with E-state index in [1.54, 1.807) is 47.6 Å². The zero-order valence-corrected chi connectivity index (χ0v) is 19.2. The van der Waals surface area contributed by atoms with Gasteiger partial charge in [-0.2, -0.15) is 5.10 Å². The highest BCUT2D eigenvalue weighted by Gasteiger charge is 2.73. The number of fused-ring (bicyclic) bond motifs is 5. The van der Waals surface area contributed by atoms with Gasteiger partial charge in [0.1, 0.15) is 17.2 Å². The second-order valence-corrected chi connectivity index (χ2v) is 10.3. The Morgan fingerprint density at radius 2 is 1.59 bits per heavy atom. The molecular weight excluding hydrogens is 428 g/mol. The molecule has 0 bridgehead atoms. The molecular formula is C28H24N2O4. The molecule has 1 fully saturated rings. The lowest BCUT2D eigenvalue weighted by molar-refractivity contribution is -0.132. The van der Waals surface area contributed by atoms with E-state index in [-0.39, 0.29) is 17.3 Å². The van der Waals surface area contributed by atoms with Crippen LogP contribution in [-0.2, 0) is 4.79 Å². The summed E-state index contributed by atoms with van der Waals surface area (Å²) in [4.78, 5) is 42.7. The molecule has 0 unspecified atom stereocenters. The third kappa shape index (κ3) is 2.45. The monoisotopic (exact) mass is 452 g/mol. The molecule has 170 valence electrons. The number of furan rings is 1. The standard InChI is InChI=1S/C28H24N2O4/c1-27(2,3)26(33)22-21(20-13-8-14-34-20)28(24(31)18-11-6-7-12-19(18)25(28)32)23-17-10-5-4-9-16(17)15-29-30(22)23/h4-15,21-23H,1-3H3/t21-,22+,23-/m0/s1. The van der Waals surface area contributed by atoms with E-state index in [1.165, 1.54) is 6.26 Å². The Morgan fingerprint density at radius 3 is 2.21 bits per heavy atom. The van der Waals surface area contributed by atoms with Gasteiger partial charge >= 0.3 is 0 Å². The first-order valence-electron chi connectivity index (χ1n) is 11.5. The van der Waals surface area contributed by atoms with E-state index in [4.69, 9.17) is 9.52 Å². The lowest BCUT2D eigenvalue weighted by atomic mass is 9.63. The van der Waals surface area contributed by atoms with Crippen LogP contribution in [0.4, 0.5) is 0 Å². The minimum Gasteiger partial charge on any atom is -0.469 e. The van der Waals surface area contributed by atoms with Crippen LogP contribution in [0.2, 0.25) is 0 Å². The first-order valence-corrected chi connectivity index (χ1v) is 11.5. The van der Waals surface area contributed by atoms with E-state index in [1.807, 2.05) is 45.0 Å². The van der Waals surface area contributed by atoms with Crippen molar-refractivity contribution in [2.45, 2.75) is 38.8 Å². The molecule has 3 heterocycles. The number of ketones is 3. The van der Waals surface area contributed by atoms with Gasteiger partial charge in [0.15, 0.2) is 17.3 Å². The topological polar surface area (TPSA) is 79.9 Å². The molecule has 6 rings (SSSR count). The molecule has 3 aromatic rings.